The van der Waals surface area contributed by atoms with Crippen LogP contribution < -0.4 is 10.7 Å². The van der Waals surface area contributed by atoms with Gasteiger partial charge in [-0.15, -0.1) is 0 Å². The first-order valence-electron chi connectivity index (χ1n) is 9.82. The lowest BCUT2D eigenvalue weighted by molar-refractivity contribution is -0.137. The minimum absolute atomic E-state index is 0.0255. The Kier molecular flexibility index (Phi) is 5.50. The van der Waals surface area contributed by atoms with Crippen molar-refractivity contribution >= 4 is 33.4 Å². The predicted octanol–water partition coefficient (Wildman–Crippen LogP) is 5.59. The summed E-state index contributed by atoms with van der Waals surface area (Å²) in [5.74, 6) is -0.283. The van der Waals surface area contributed by atoms with Crippen molar-refractivity contribution in [1.82, 2.24) is 4.57 Å². The average Bonchev–Trinajstić information content (AvgIpc) is 2.76. The molecule has 0 saturated carbocycles. The Morgan fingerprint density at radius 3 is 1.94 bits per heavy atom. The minimum atomic E-state index is -4.41. The Hall–Kier alpha value is -3.61. The fourth-order valence-electron chi connectivity index (χ4n) is 3.68. The summed E-state index contributed by atoms with van der Waals surface area (Å²) in [6, 6.07) is 19.1. The molecule has 0 unspecified atom stereocenters. The number of halogens is 3. The molecule has 0 spiro atoms. The van der Waals surface area contributed by atoms with Crippen molar-refractivity contribution in [2.75, 3.05) is 5.32 Å². The number of carbonyl (C=O) groups is 1. The first-order chi connectivity index (χ1) is 14.8. The summed E-state index contributed by atoms with van der Waals surface area (Å²) in [4.78, 5) is 25.0. The number of aromatic nitrogens is 1. The zero-order valence-electron chi connectivity index (χ0n) is 16.4. The molecule has 1 N–H and O–H groups in total. The number of nitrogens with one attached hydrogen (secondary N) is 1. The molecule has 4 rings (SSSR count). The molecule has 1 amide bonds. The summed E-state index contributed by atoms with van der Waals surface area (Å²) in [6.07, 6.45) is -3.72. The second-order valence-corrected chi connectivity index (χ2v) is 7.24. The largest absolute Gasteiger partial charge is 0.416 e. The molecule has 3 aromatic carbocycles. The molecule has 31 heavy (non-hydrogen) atoms. The number of pyridine rings is 1. The number of fused-ring (bicyclic) bond motifs is 2. The molecule has 7 heteroatoms. The van der Waals surface area contributed by atoms with Crippen LogP contribution in [0.4, 0.5) is 18.9 Å². The Morgan fingerprint density at radius 2 is 1.39 bits per heavy atom. The molecular formula is C24H19F3N2O2. The highest BCUT2D eigenvalue weighted by Crippen LogP contribution is 2.29. The smallest absolute Gasteiger partial charge is 0.340 e. The van der Waals surface area contributed by atoms with Gasteiger partial charge in [0.1, 0.15) is 0 Å². The van der Waals surface area contributed by atoms with E-state index in [1.54, 1.807) is 12.1 Å². The molecule has 4 aromatic rings. The molecule has 0 atom stereocenters. The van der Waals surface area contributed by atoms with Gasteiger partial charge in [0.25, 0.3) is 0 Å². The summed E-state index contributed by atoms with van der Waals surface area (Å²) < 4.78 is 40.0. The van der Waals surface area contributed by atoms with Crippen LogP contribution in [0.25, 0.3) is 21.8 Å². The zero-order valence-corrected chi connectivity index (χ0v) is 16.4. The van der Waals surface area contributed by atoms with Gasteiger partial charge in [0.05, 0.1) is 16.6 Å². The van der Waals surface area contributed by atoms with Gasteiger partial charge in [0.15, 0.2) is 5.43 Å². The maximum Gasteiger partial charge on any atom is 0.416 e. The fourth-order valence-corrected chi connectivity index (χ4v) is 3.68. The molecule has 0 fully saturated rings. The highest BCUT2D eigenvalue weighted by molar-refractivity contribution is 5.93. The maximum absolute atomic E-state index is 12.8. The van der Waals surface area contributed by atoms with Gasteiger partial charge in [0, 0.05) is 29.4 Å². The van der Waals surface area contributed by atoms with Gasteiger partial charge in [-0.1, -0.05) is 24.3 Å². The SMILES string of the molecule is O=C(CCCn1c2ccccc2c(=O)c2ccccc21)Nc1ccc(C(F)(F)F)cc1. The van der Waals surface area contributed by atoms with E-state index in [0.717, 1.165) is 23.2 Å². The van der Waals surface area contributed by atoms with Gasteiger partial charge < -0.3 is 9.88 Å². The molecule has 158 valence electrons. The second kappa shape index (κ2) is 8.26. The molecule has 1 heterocycles. The zero-order chi connectivity index (χ0) is 22.0. The molecule has 0 bridgehead atoms. The normalized spacial score (nSPS) is 11.7. The second-order valence-electron chi connectivity index (χ2n) is 7.24. The number of amides is 1. The van der Waals surface area contributed by atoms with Crippen LogP contribution in [-0.2, 0) is 17.5 Å². The van der Waals surface area contributed by atoms with Crippen molar-refractivity contribution in [3.63, 3.8) is 0 Å². The van der Waals surface area contributed by atoms with Crippen molar-refractivity contribution in [3.8, 4) is 0 Å². The van der Waals surface area contributed by atoms with Gasteiger partial charge in [0.2, 0.25) is 5.91 Å². The van der Waals surface area contributed by atoms with Gasteiger partial charge in [-0.05, 0) is 55.0 Å². The molecule has 1 aromatic heterocycles. The van der Waals surface area contributed by atoms with Crippen molar-refractivity contribution in [2.24, 2.45) is 0 Å². The standard InChI is InChI=1S/C24H19F3N2O2/c25-24(26,27)16-11-13-17(14-12-16)28-22(30)10-5-15-29-20-8-3-1-6-18(20)23(31)19-7-2-4-9-21(19)29/h1-4,6-9,11-14H,5,10,15H2,(H,28,30). The topological polar surface area (TPSA) is 51.1 Å². The summed E-state index contributed by atoms with van der Waals surface area (Å²) in [5.41, 5.74) is 1.13. The van der Waals surface area contributed by atoms with Crippen LogP contribution >= 0.6 is 0 Å². The van der Waals surface area contributed by atoms with E-state index in [9.17, 15) is 22.8 Å². The molecule has 0 aliphatic rings. The predicted molar refractivity (Wildman–Crippen MR) is 115 cm³/mol. The highest BCUT2D eigenvalue weighted by Gasteiger charge is 2.29. The lowest BCUT2D eigenvalue weighted by atomic mass is 10.1. The van der Waals surface area contributed by atoms with E-state index in [1.807, 2.05) is 41.0 Å². The van der Waals surface area contributed by atoms with Gasteiger partial charge in [-0.2, -0.15) is 13.2 Å². The Bertz CT molecular complexity index is 1250. The van der Waals surface area contributed by atoms with Crippen LogP contribution in [0.15, 0.2) is 77.6 Å². The number of anilines is 1. The summed E-state index contributed by atoms with van der Waals surface area (Å²) in [7, 11) is 0. The van der Waals surface area contributed by atoms with E-state index in [-0.39, 0.29) is 17.8 Å². The summed E-state index contributed by atoms with van der Waals surface area (Å²) in [5, 5.41) is 3.87. The Labute approximate surface area is 175 Å². The third kappa shape index (κ3) is 4.30. The van der Waals surface area contributed by atoms with Crippen LogP contribution in [0, 0.1) is 0 Å². The van der Waals surface area contributed by atoms with E-state index >= 15 is 0 Å². The molecule has 0 aliphatic carbocycles. The fraction of sp³-hybridized carbons (Fsp3) is 0.167. The van der Waals surface area contributed by atoms with Gasteiger partial charge in [-0.25, -0.2) is 0 Å². The van der Waals surface area contributed by atoms with E-state index < -0.39 is 11.7 Å². The number of hydrogen-bond donors (Lipinski definition) is 1. The Morgan fingerprint density at radius 1 is 0.839 bits per heavy atom. The number of aryl methyl sites for hydroxylation is 1. The molecule has 4 nitrogen and oxygen atoms in total. The summed E-state index contributed by atoms with van der Waals surface area (Å²) >= 11 is 0. The lowest BCUT2D eigenvalue weighted by Gasteiger charge is -2.15. The van der Waals surface area contributed by atoms with Crippen LogP contribution in [0.2, 0.25) is 0 Å². The van der Waals surface area contributed by atoms with Crippen molar-refractivity contribution in [1.29, 1.82) is 0 Å². The first kappa shape index (κ1) is 20.7. The molecule has 0 radical (unpaired) electrons. The highest BCUT2D eigenvalue weighted by atomic mass is 19.4. The van der Waals surface area contributed by atoms with Crippen molar-refractivity contribution in [3.05, 3.63) is 88.6 Å². The first-order valence-corrected chi connectivity index (χ1v) is 9.82. The number of rotatable bonds is 5. The van der Waals surface area contributed by atoms with Gasteiger partial charge in [-0.3, -0.25) is 9.59 Å². The number of benzene rings is 3. The van der Waals surface area contributed by atoms with Crippen LogP contribution in [0.1, 0.15) is 18.4 Å². The Balaban J connectivity index is 1.49. The van der Waals surface area contributed by atoms with Crippen LogP contribution in [0.5, 0.6) is 0 Å². The number of hydrogen-bond acceptors (Lipinski definition) is 2. The molecule has 0 saturated heterocycles. The number of alkyl halides is 3. The monoisotopic (exact) mass is 424 g/mol. The average molecular weight is 424 g/mol. The van der Waals surface area contributed by atoms with Crippen molar-refractivity contribution < 1.29 is 18.0 Å². The van der Waals surface area contributed by atoms with E-state index in [4.69, 9.17) is 0 Å². The third-order valence-electron chi connectivity index (χ3n) is 5.16. The van der Waals surface area contributed by atoms with Crippen molar-refractivity contribution in [2.45, 2.75) is 25.6 Å². The maximum atomic E-state index is 12.8. The lowest BCUT2D eigenvalue weighted by Crippen LogP contribution is -2.15. The number of carbonyl (C=O) groups excluding carboxylic acids is 1. The van der Waals surface area contributed by atoms with Crippen LogP contribution in [0.3, 0.4) is 0 Å². The molecular weight excluding hydrogens is 405 g/mol. The quantitative estimate of drug-likeness (QED) is 0.425. The van der Waals surface area contributed by atoms with Gasteiger partial charge >= 0.3 is 6.18 Å². The number of para-hydroxylation sites is 2. The van der Waals surface area contributed by atoms with E-state index in [2.05, 4.69) is 5.32 Å². The molecule has 0 aliphatic heterocycles. The minimum Gasteiger partial charge on any atom is -0.340 e. The third-order valence-corrected chi connectivity index (χ3v) is 5.16. The summed E-state index contributed by atoms with van der Waals surface area (Å²) in [6.45, 7) is 0.516. The number of nitrogens with zero attached hydrogens (tertiary/aromatic N) is 1. The van der Waals surface area contributed by atoms with E-state index in [0.29, 0.717) is 29.4 Å². The van der Waals surface area contributed by atoms with E-state index in [1.165, 1.54) is 12.1 Å². The van der Waals surface area contributed by atoms with Crippen LogP contribution in [-0.4, -0.2) is 10.5 Å².